The molecule has 0 radical (unpaired) electrons. The highest BCUT2D eigenvalue weighted by Gasteiger charge is 2.25. The lowest BCUT2D eigenvalue weighted by atomic mass is 10.4. The van der Waals surface area contributed by atoms with Gasteiger partial charge in [-0.1, -0.05) is 0 Å². The van der Waals surface area contributed by atoms with Gasteiger partial charge in [0.05, 0.1) is 26.4 Å². The molecule has 0 spiro atoms. The number of carbonyl (C=O) groups excluding carboxylic acids is 2. The van der Waals surface area contributed by atoms with Crippen LogP contribution >= 0.6 is 0 Å². The van der Waals surface area contributed by atoms with Gasteiger partial charge >= 0.3 is 12.3 Å². The highest BCUT2D eigenvalue weighted by molar-refractivity contribution is 5.62. The van der Waals surface area contributed by atoms with E-state index in [1.807, 2.05) is 0 Å². The van der Waals surface area contributed by atoms with Crippen molar-refractivity contribution in [3.63, 3.8) is 0 Å². The summed E-state index contributed by atoms with van der Waals surface area (Å²) in [5.74, 6) is 0. The molecule has 18 heavy (non-hydrogen) atoms. The summed E-state index contributed by atoms with van der Waals surface area (Å²) in [6.07, 6.45) is -2.02. The van der Waals surface area contributed by atoms with E-state index in [0.29, 0.717) is 13.2 Å². The third-order valence-corrected chi connectivity index (χ3v) is 2.28. The van der Waals surface area contributed by atoms with Crippen LogP contribution in [0.2, 0.25) is 0 Å². The molecule has 2 atom stereocenters. The van der Waals surface area contributed by atoms with E-state index >= 15 is 0 Å². The number of rotatable bonds is 7. The van der Waals surface area contributed by atoms with E-state index < -0.39 is 12.3 Å². The lowest BCUT2D eigenvalue weighted by Gasteiger charge is -2.09. The van der Waals surface area contributed by atoms with Gasteiger partial charge in [0.25, 0.3) is 0 Å². The van der Waals surface area contributed by atoms with Gasteiger partial charge in [0.1, 0.15) is 13.2 Å². The van der Waals surface area contributed by atoms with Crippen molar-refractivity contribution < 1.29 is 38.0 Å². The number of ether oxygens (including phenoxy) is 6. The predicted molar refractivity (Wildman–Crippen MR) is 54.1 cm³/mol. The van der Waals surface area contributed by atoms with Crippen LogP contribution in [0.15, 0.2) is 0 Å². The van der Waals surface area contributed by atoms with Crippen LogP contribution in [-0.2, 0) is 28.4 Å². The molecule has 0 aromatic rings. The zero-order chi connectivity index (χ0) is 12.8. The summed E-state index contributed by atoms with van der Waals surface area (Å²) in [6, 6.07) is 0. The average molecular weight is 262 g/mol. The highest BCUT2D eigenvalue weighted by atomic mass is 16.8. The predicted octanol–water partition coefficient (Wildman–Crippen LogP) is 0.0904. The Morgan fingerprint density at radius 3 is 1.67 bits per heavy atom. The molecule has 2 fully saturated rings. The Morgan fingerprint density at radius 1 is 0.889 bits per heavy atom. The second kappa shape index (κ2) is 6.41. The van der Waals surface area contributed by atoms with Crippen molar-refractivity contribution in [2.45, 2.75) is 12.2 Å². The SMILES string of the molecule is O=C1OCC(COCCOCC2COC(=O)O2)O1. The van der Waals surface area contributed by atoms with Gasteiger partial charge in [0.15, 0.2) is 12.2 Å². The molecule has 2 aliphatic heterocycles. The zero-order valence-corrected chi connectivity index (χ0v) is 9.66. The normalized spacial score (nSPS) is 26.4. The number of hydrogen-bond acceptors (Lipinski definition) is 8. The number of hydrogen-bond donors (Lipinski definition) is 0. The molecular formula is C10H14O8. The number of carbonyl (C=O) groups is 2. The Bertz CT molecular complexity index is 274. The van der Waals surface area contributed by atoms with Gasteiger partial charge < -0.3 is 28.4 Å². The molecule has 0 aromatic carbocycles. The van der Waals surface area contributed by atoms with Crippen LogP contribution in [0.5, 0.6) is 0 Å². The fraction of sp³-hybridized carbons (Fsp3) is 0.800. The first-order valence-corrected chi connectivity index (χ1v) is 5.56. The van der Waals surface area contributed by atoms with Crippen molar-refractivity contribution in [1.29, 1.82) is 0 Å². The van der Waals surface area contributed by atoms with Crippen LogP contribution in [0.4, 0.5) is 9.59 Å². The van der Waals surface area contributed by atoms with Crippen molar-refractivity contribution in [3.8, 4) is 0 Å². The third-order valence-electron chi connectivity index (χ3n) is 2.28. The average Bonchev–Trinajstić information content (AvgIpc) is 2.93. The summed E-state index contributed by atoms with van der Waals surface area (Å²) in [6.45, 7) is 1.70. The van der Waals surface area contributed by atoms with E-state index in [9.17, 15) is 9.59 Å². The molecule has 2 aliphatic rings. The van der Waals surface area contributed by atoms with Crippen LogP contribution in [0.1, 0.15) is 0 Å². The van der Waals surface area contributed by atoms with Crippen molar-refractivity contribution in [3.05, 3.63) is 0 Å². The quantitative estimate of drug-likeness (QED) is 0.471. The fourth-order valence-corrected chi connectivity index (χ4v) is 1.44. The maximum atomic E-state index is 10.6. The lowest BCUT2D eigenvalue weighted by Crippen LogP contribution is -2.22. The standard InChI is InChI=1S/C10H14O8/c11-9-15-5-7(17-9)3-13-1-2-14-4-8-6-16-10(12)18-8/h7-8H,1-6H2. The Morgan fingerprint density at radius 2 is 1.33 bits per heavy atom. The van der Waals surface area contributed by atoms with Crippen molar-refractivity contribution >= 4 is 12.3 Å². The molecule has 2 saturated heterocycles. The van der Waals surface area contributed by atoms with E-state index in [1.54, 1.807) is 0 Å². The van der Waals surface area contributed by atoms with E-state index in [2.05, 4.69) is 9.47 Å². The van der Waals surface area contributed by atoms with Crippen molar-refractivity contribution in [1.82, 2.24) is 0 Å². The molecule has 0 aromatic heterocycles. The zero-order valence-electron chi connectivity index (χ0n) is 9.66. The van der Waals surface area contributed by atoms with Crippen LogP contribution in [0.25, 0.3) is 0 Å². The van der Waals surface area contributed by atoms with Gasteiger partial charge in [-0.05, 0) is 0 Å². The summed E-state index contributed by atoms with van der Waals surface area (Å²) >= 11 is 0. The molecule has 0 N–H and O–H groups in total. The Hall–Kier alpha value is -1.54. The molecule has 8 nitrogen and oxygen atoms in total. The van der Waals surface area contributed by atoms with Gasteiger partial charge in [-0.2, -0.15) is 0 Å². The third kappa shape index (κ3) is 4.04. The van der Waals surface area contributed by atoms with E-state index in [4.69, 9.17) is 18.9 Å². The van der Waals surface area contributed by atoms with E-state index in [1.165, 1.54) is 0 Å². The largest absolute Gasteiger partial charge is 0.508 e. The maximum Gasteiger partial charge on any atom is 0.508 e. The summed E-state index contributed by atoms with van der Waals surface area (Å²) in [5.41, 5.74) is 0. The second-order valence-corrected chi connectivity index (χ2v) is 3.75. The minimum absolute atomic E-state index is 0.217. The van der Waals surface area contributed by atoms with Gasteiger partial charge in [-0.3, -0.25) is 0 Å². The van der Waals surface area contributed by atoms with Crippen molar-refractivity contribution in [2.24, 2.45) is 0 Å². The Balaban J connectivity index is 1.42. The van der Waals surface area contributed by atoms with Gasteiger partial charge in [-0.15, -0.1) is 0 Å². The monoisotopic (exact) mass is 262 g/mol. The molecule has 2 unspecified atom stereocenters. The first-order chi connectivity index (χ1) is 8.74. The molecule has 8 heteroatoms. The van der Waals surface area contributed by atoms with Crippen LogP contribution < -0.4 is 0 Å². The molecule has 2 rings (SSSR count). The van der Waals surface area contributed by atoms with Crippen LogP contribution in [-0.4, -0.2) is 64.2 Å². The Kier molecular flexibility index (Phi) is 4.59. The van der Waals surface area contributed by atoms with E-state index in [-0.39, 0.29) is 38.6 Å². The summed E-state index contributed by atoms with van der Waals surface area (Å²) in [7, 11) is 0. The molecule has 2 heterocycles. The van der Waals surface area contributed by atoms with Gasteiger partial charge in [-0.25, -0.2) is 9.59 Å². The summed E-state index contributed by atoms with van der Waals surface area (Å²) in [5, 5.41) is 0. The topological polar surface area (TPSA) is 89.5 Å². The maximum absolute atomic E-state index is 10.6. The molecular weight excluding hydrogens is 248 g/mol. The van der Waals surface area contributed by atoms with E-state index in [0.717, 1.165) is 0 Å². The number of cyclic esters (lactones) is 4. The highest BCUT2D eigenvalue weighted by Crippen LogP contribution is 2.07. The summed E-state index contributed by atoms with van der Waals surface area (Å²) < 4.78 is 29.2. The lowest BCUT2D eigenvalue weighted by molar-refractivity contribution is -0.00764. The molecule has 0 aliphatic carbocycles. The molecule has 102 valence electrons. The summed E-state index contributed by atoms with van der Waals surface area (Å²) in [4.78, 5) is 21.2. The van der Waals surface area contributed by atoms with Crippen LogP contribution in [0, 0.1) is 0 Å². The van der Waals surface area contributed by atoms with Crippen LogP contribution in [0.3, 0.4) is 0 Å². The first kappa shape index (κ1) is 12.9. The smallest absolute Gasteiger partial charge is 0.430 e. The fourth-order valence-electron chi connectivity index (χ4n) is 1.44. The first-order valence-electron chi connectivity index (χ1n) is 5.56. The molecule has 0 amide bonds. The molecule has 0 bridgehead atoms. The molecule has 0 saturated carbocycles. The second-order valence-electron chi connectivity index (χ2n) is 3.75. The minimum atomic E-state index is -0.664. The Labute approximate surface area is 103 Å². The minimum Gasteiger partial charge on any atom is -0.430 e. The van der Waals surface area contributed by atoms with Gasteiger partial charge in [0.2, 0.25) is 0 Å². The van der Waals surface area contributed by atoms with Gasteiger partial charge in [0, 0.05) is 0 Å². The van der Waals surface area contributed by atoms with Crippen molar-refractivity contribution in [2.75, 3.05) is 39.6 Å².